The third-order valence-electron chi connectivity index (χ3n) is 8.15. The van der Waals surface area contributed by atoms with E-state index in [0.29, 0.717) is 11.1 Å². The highest BCUT2D eigenvalue weighted by molar-refractivity contribution is 5.95. The number of carbonyl (C=O) groups is 4. The lowest BCUT2D eigenvalue weighted by Crippen LogP contribution is -2.15. The van der Waals surface area contributed by atoms with Crippen LogP contribution < -0.4 is 4.90 Å². The molecule has 0 fully saturated rings. The predicted octanol–water partition coefficient (Wildman–Crippen LogP) is 8.91. The molecule has 5 aromatic carbocycles. The normalized spacial score (nSPS) is 10.8. The van der Waals surface area contributed by atoms with Crippen molar-refractivity contribution >= 4 is 52.6 Å². The van der Waals surface area contributed by atoms with Crippen molar-refractivity contribution in [3.63, 3.8) is 0 Å². The molecule has 0 N–H and O–H groups in total. The van der Waals surface area contributed by atoms with E-state index in [4.69, 9.17) is 14.2 Å². The fourth-order valence-electron chi connectivity index (χ4n) is 5.36. The van der Waals surface area contributed by atoms with E-state index in [1.54, 1.807) is 31.2 Å². The Kier molecular flexibility index (Phi) is 13.1. The minimum Gasteiger partial charge on any atom is -0.466 e. The van der Waals surface area contributed by atoms with Gasteiger partial charge in [0.25, 0.3) is 0 Å². The van der Waals surface area contributed by atoms with Crippen LogP contribution in [0, 0.1) is 0 Å². The average molecular weight is 722 g/mol. The topological polar surface area (TPSA) is 108 Å². The first-order chi connectivity index (χ1) is 26.2. The second kappa shape index (κ2) is 18.5. The van der Waals surface area contributed by atoms with E-state index < -0.39 is 23.9 Å². The van der Waals surface area contributed by atoms with Crippen molar-refractivity contribution in [3.05, 3.63) is 186 Å². The molecule has 0 bridgehead atoms. The molecule has 0 aliphatic heterocycles. The molecule has 0 aliphatic rings. The fraction of sp³-hybridized carbons (Fsp3) is 0.111. The third-order valence-corrected chi connectivity index (χ3v) is 8.15. The van der Waals surface area contributed by atoms with Gasteiger partial charge in [-0.3, -0.25) is 0 Å². The van der Waals surface area contributed by atoms with Gasteiger partial charge in [0.05, 0.1) is 36.0 Å². The second-order valence-corrected chi connectivity index (χ2v) is 11.9. The third kappa shape index (κ3) is 9.86. The first-order valence-electron chi connectivity index (χ1n) is 17.1. The maximum atomic E-state index is 12.7. The van der Waals surface area contributed by atoms with Gasteiger partial charge in [0, 0.05) is 17.1 Å². The van der Waals surface area contributed by atoms with Gasteiger partial charge < -0.3 is 23.8 Å². The van der Waals surface area contributed by atoms with Crippen molar-refractivity contribution in [1.29, 1.82) is 0 Å². The molecule has 9 heteroatoms. The van der Waals surface area contributed by atoms with Crippen LogP contribution in [-0.2, 0) is 28.5 Å². The Balaban J connectivity index is 1.38. The summed E-state index contributed by atoms with van der Waals surface area (Å²) in [6.45, 7) is 8.57. The van der Waals surface area contributed by atoms with Crippen molar-refractivity contribution < 1.29 is 38.1 Å². The molecular weight excluding hydrogens is 682 g/mol. The maximum Gasteiger partial charge on any atom is 0.338 e. The summed E-state index contributed by atoms with van der Waals surface area (Å²) in [5, 5.41) is 0. The first kappa shape index (κ1) is 38.2. The van der Waals surface area contributed by atoms with Crippen molar-refractivity contribution in [2.45, 2.75) is 6.92 Å². The van der Waals surface area contributed by atoms with E-state index in [9.17, 15) is 19.2 Å². The summed E-state index contributed by atoms with van der Waals surface area (Å²) >= 11 is 0. The highest BCUT2D eigenvalue weighted by Gasteiger charge is 2.17. The molecule has 272 valence electrons. The monoisotopic (exact) mass is 721 g/mol. The Morgan fingerprint density at radius 1 is 0.537 bits per heavy atom. The molecule has 5 rings (SSSR count). The zero-order chi connectivity index (χ0) is 38.5. The summed E-state index contributed by atoms with van der Waals surface area (Å²) in [4.78, 5) is 50.9. The Morgan fingerprint density at radius 3 is 1.48 bits per heavy atom. The Labute approximate surface area is 314 Å². The molecule has 0 atom stereocenters. The number of anilines is 3. The summed E-state index contributed by atoms with van der Waals surface area (Å²) in [5.41, 5.74) is 7.13. The van der Waals surface area contributed by atoms with E-state index in [-0.39, 0.29) is 31.0 Å². The quantitative estimate of drug-likeness (QED) is 0.0453. The first-order valence-corrected chi connectivity index (χ1v) is 17.1. The zero-order valence-electron chi connectivity index (χ0n) is 30.0. The molecule has 0 saturated carbocycles. The van der Waals surface area contributed by atoms with Gasteiger partial charge in [-0.1, -0.05) is 86.0 Å². The standard InChI is InChI=1S/C45H39NO8/c1-5-52-43(48)32(3)30-54-45(50)37-22-26-40(27-23-37)46(38-14-10-7-11-15-38)39-24-16-33(17-25-39)28-41(34-12-8-6-9-13-34)35-18-20-36(21-19-35)44(49)53-29-31(2)42(47)51-4/h6-28H,2-3,5,29-30H2,1,4H3. The summed E-state index contributed by atoms with van der Waals surface area (Å²) < 4.78 is 20.0. The molecule has 0 spiro atoms. The van der Waals surface area contributed by atoms with E-state index in [2.05, 4.69) is 28.9 Å². The SMILES string of the molecule is C=C(COC(=O)c1ccc(C(=Cc2ccc(N(c3ccccc3)c3ccc(C(=O)OCC(=C)C(=O)OCC)cc3)cc2)c2ccccc2)cc1)C(=O)OC. The summed E-state index contributed by atoms with van der Waals surface area (Å²) in [7, 11) is 1.24. The van der Waals surface area contributed by atoms with Gasteiger partial charge in [-0.15, -0.1) is 0 Å². The van der Waals surface area contributed by atoms with Crippen LogP contribution >= 0.6 is 0 Å². The number of nitrogens with zero attached hydrogens (tertiary/aromatic N) is 1. The lowest BCUT2D eigenvalue weighted by atomic mass is 9.95. The Bertz CT molecular complexity index is 2140. The van der Waals surface area contributed by atoms with E-state index >= 15 is 0 Å². The van der Waals surface area contributed by atoms with E-state index in [1.807, 2.05) is 109 Å². The molecule has 0 radical (unpaired) electrons. The summed E-state index contributed by atoms with van der Waals surface area (Å²) in [6, 6.07) is 42.0. The van der Waals surface area contributed by atoms with Crippen LogP contribution in [0.2, 0.25) is 0 Å². The highest BCUT2D eigenvalue weighted by atomic mass is 16.6. The average Bonchev–Trinajstić information content (AvgIpc) is 3.22. The number of ether oxygens (including phenoxy) is 4. The van der Waals surface area contributed by atoms with Crippen LogP contribution in [0.25, 0.3) is 11.6 Å². The molecule has 5 aromatic rings. The van der Waals surface area contributed by atoms with Crippen molar-refractivity contribution in [2.75, 3.05) is 31.8 Å². The molecule has 0 aromatic heterocycles. The van der Waals surface area contributed by atoms with Crippen LogP contribution in [0.1, 0.15) is 44.3 Å². The van der Waals surface area contributed by atoms with E-state index in [1.165, 1.54) is 7.11 Å². The number of para-hydroxylation sites is 1. The molecule has 0 aliphatic carbocycles. The Morgan fingerprint density at radius 2 is 0.963 bits per heavy atom. The smallest absolute Gasteiger partial charge is 0.338 e. The van der Waals surface area contributed by atoms with Gasteiger partial charge in [-0.2, -0.15) is 0 Å². The molecular formula is C45H39NO8. The number of hydrogen-bond donors (Lipinski definition) is 0. The van der Waals surface area contributed by atoms with Gasteiger partial charge in [-0.05, 0) is 95.9 Å². The van der Waals surface area contributed by atoms with Crippen LogP contribution in [0.4, 0.5) is 17.1 Å². The van der Waals surface area contributed by atoms with Gasteiger partial charge in [0.2, 0.25) is 0 Å². The molecule has 0 unspecified atom stereocenters. The molecule has 0 amide bonds. The predicted molar refractivity (Wildman–Crippen MR) is 208 cm³/mol. The summed E-state index contributed by atoms with van der Waals surface area (Å²) in [5.74, 6) is -2.40. The number of methoxy groups -OCH3 is 1. The molecule has 0 saturated heterocycles. The van der Waals surface area contributed by atoms with Crippen LogP contribution in [0.3, 0.4) is 0 Å². The van der Waals surface area contributed by atoms with E-state index in [0.717, 1.165) is 39.3 Å². The zero-order valence-corrected chi connectivity index (χ0v) is 30.0. The maximum absolute atomic E-state index is 12.7. The molecule has 54 heavy (non-hydrogen) atoms. The van der Waals surface area contributed by atoms with Gasteiger partial charge in [-0.25, -0.2) is 19.2 Å². The van der Waals surface area contributed by atoms with Crippen molar-refractivity contribution in [2.24, 2.45) is 0 Å². The largest absolute Gasteiger partial charge is 0.466 e. The number of hydrogen-bond acceptors (Lipinski definition) is 9. The Hall–Kier alpha value is -7.00. The van der Waals surface area contributed by atoms with Crippen LogP contribution in [0.5, 0.6) is 0 Å². The van der Waals surface area contributed by atoms with Crippen molar-refractivity contribution in [3.8, 4) is 0 Å². The second-order valence-electron chi connectivity index (χ2n) is 11.9. The lowest BCUT2D eigenvalue weighted by Gasteiger charge is -2.25. The van der Waals surface area contributed by atoms with Gasteiger partial charge in [0.15, 0.2) is 0 Å². The minimum atomic E-state index is -0.636. The molecule has 0 heterocycles. The van der Waals surface area contributed by atoms with Crippen LogP contribution in [0.15, 0.2) is 158 Å². The fourth-order valence-corrected chi connectivity index (χ4v) is 5.36. The van der Waals surface area contributed by atoms with Gasteiger partial charge in [0.1, 0.15) is 13.2 Å². The number of rotatable bonds is 15. The van der Waals surface area contributed by atoms with Gasteiger partial charge >= 0.3 is 23.9 Å². The highest BCUT2D eigenvalue weighted by Crippen LogP contribution is 2.35. The lowest BCUT2D eigenvalue weighted by molar-refractivity contribution is -0.139. The number of esters is 4. The van der Waals surface area contributed by atoms with Crippen LogP contribution in [-0.4, -0.2) is 50.8 Å². The molecule has 9 nitrogen and oxygen atoms in total. The summed E-state index contributed by atoms with van der Waals surface area (Å²) in [6.07, 6.45) is 2.08. The number of carbonyl (C=O) groups excluding carboxylic acids is 4. The van der Waals surface area contributed by atoms with Crippen molar-refractivity contribution in [1.82, 2.24) is 0 Å². The minimum absolute atomic E-state index is 0.0437. The number of benzene rings is 5.